The van der Waals surface area contributed by atoms with Crippen molar-refractivity contribution < 1.29 is 14.6 Å². The van der Waals surface area contributed by atoms with Crippen LogP contribution in [0, 0.1) is 11.3 Å². The summed E-state index contributed by atoms with van der Waals surface area (Å²) in [5, 5.41) is 10.3. The molecular weight excluding hydrogens is 430 g/mol. The number of nitrogens with zero attached hydrogens (tertiary/aromatic N) is 2. The fourth-order valence-electron chi connectivity index (χ4n) is 4.05. The highest BCUT2D eigenvalue weighted by atomic mass is 32.2. The van der Waals surface area contributed by atoms with E-state index in [9.17, 15) is 4.79 Å². The maximum absolute atomic E-state index is 11.1. The highest BCUT2D eigenvalue weighted by molar-refractivity contribution is 7.98. The molecule has 166 valence electrons. The predicted octanol–water partition coefficient (Wildman–Crippen LogP) is 6.07. The molecule has 1 unspecified atom stereocenters. The highest BCUT2D eigenvalue weighted by Gasteiger charge is 2.29. The summed E-state index contributed by atoms with van der Waals surface area (Å²) < 4.78 is 10.8. The van der Waals surface area contributed by atoms with Gasteiger partial charge in [-0.25, -0.2) is 14.1 Å². The van der Waals surface area contributed by atoms with Crippen LogP contribution in [-0.2, 0) is 13.1 Å². The number of aromatic nitrogens is 1. The molecule has 1 aliphatic carbocycles. The Kier molecular flexibility index (Phi) is 6.32. The number of carbonyl (C=O) groups is 1. The number of nitrogens with one attached hydrogen (secondary N) is 1. The van der Waals surface area contributed by atoms with E-state index in [1.54, 1.807) is 19.2 Å². The number of allylic oxidation sites excluding steroid dienone is 2. The van der Waals surface area contributed by atoms with Crippen LogP contribution in [0.3, 0.4) is 0 Å². The summed E-state index contributed by atoms with van der Waals surface area (Å²) in [6.07, 6.45) is 5.93. The van der Waals surface area contributed by atoms with Crippen LogP contribution in [0.25, 0.3) is 5.57 Å². The van der Waals surface area contributed by atoms with Crippen molar-refractivity contribution in [2.45, 2.75) is 53.1 Å². The summed E-state index contributed by atoms with van der Waals surface area (Å²) >= 11 is 3.32. The van der Waals surface area contributed by atoms with Crippen LogP contribution >= 0.6 is 23.5 Å². The standard InChI is InChI=1S/C23H29N3O3S2/c1-23(2,3)16-8-5-14(6-9-16)21-24-18-12-26(13-20(18)30-21)31-25-17-10-7-15(22(27)28)11-19(17)29-4/h5,7,10-11,16,25H,6,8-9,12-13H2,1-4H3,(H,27,28). The Labute approximate surface area is 192 Å². The van der Waals surface area contributed by atoms with Crippen molar-refractivity contribution in [3.8, 4) is 5.75 Å². The Morgan fingerprint density at radius 2 is 2.16 bits per heavy atom. The van der Waals surface area contributed by atoms with Crippen LogP contribution in [-0.4, -0.2) is 27.5 Å². The van der Waals surface area contributed by atoms with Gasteiger partial charge in [0.15, 0.2) is 0 Å². The fraction of sp³-hybridized carbons (Fsp3) is 0.478. The van der Waals surface area contributed by atoms with Crippen LogP contribution in [0.2, 0.25) is 0 Å². The Bertz CT molecular complexity index is 986. The molecule has 0 fully saturated rings. The molecule has 1 aromatic heterocycles. The first-order valence-corrected chi connectivity index (χ1v) is 12.1. The van der Waals surface area contributed by atoms with Gasteiger partial charge in [0.05, 0.1) is 30.6 Å². The van der Waals surface area contributed by atoms with Crippen LogP contribution in [0.15, 0.2) is 24.3 Å². The third kappa shape index (κ3) is 4.91. The van der Waals surface area contributed by atoms with E-state index in [-0.39, 0.29) is 5.56 Å². The molecule has 4 rings (SSSR count). The van der Waals surface area contributed by atoms with Crippen LogP contribution < -0.4 is 9.46 Å². The SMILES string of the molecule is COc1cc(C(=O)O)ccc1NSN1Cc2nc(C3=CCC(C(C)(C)C)CC3)sc2C1. The molecule has 2 N–H and O–H groups in total. The molecule has 0 amide bonds. The predicted molar refractivity (Wildman–Crippen MR) is 127 cm³/mol. The van der Waals surface area contributed by atoms with Gasteiger partial charge >= 0.3 is 5.97 Å². The zero-order valence-corrected chi connectivity index (χ0v) is 20.0. The van der Waals surface area contributed by atoms with Gasteiger partial charge in [-0.1, -0.05) is 26.8 Å². The molecular formula is C23H29N3O3S2. The number of anilines is 1. The quantitative estimate of drug-likeness (QED) is 0.508. The molecule has 8 heteroatoms. The second-order valence-electron chi connectivity index (χ2n) is 9.17. The van der Waals surface area contributed by atoms with Gasteiger partial charge in [-0.3, -0.25) is 0 Å². The average molecular weight is 460 g/mol. The number of hydrogen-bond acceptors (Lipinski definition) is 7. The first-order chi connectivity index (χ1) is 14.7. The zero-order valence-electron chi connectivity index (χ0n) is 18.4. The lowest BCUT2D eigenvalue weighted by molar-refractivity contribution is 0.0696. The number of fused-ring (bicyclic) bond motifs is 1. The van der Waals surface area contributed by atoms with E-state index in [4.69, 9.17) is 14.8 Å². The zero-order chi connectivity index (χ0) is 22.2. The van der Waals surface area contributed by atoms with Crippen molar-refractivity contribution >= 4 is 40.7 Å². The van der Waals surface area contributed by atoms with E-state index in [2.05, 4.69) is 35.9 Å². The first kappa shape index (κ1) is 22.2. The summed E-state index contributed by atoms with van der Waals surface area (Å²) in [4.78, 5) is 17.4. The van der Waals surface area contributed by atoms with E-state index in [1.807, 2.05) is 11.3 Å². The summed E-state index contributed by atoms with van der Waals surface area (Å²) in [6, 6.07) is 4.84. The molecule has 1 aromatic carbocycles. The third-order valence-corrected chi connectivity index (χ3v) is 8.05. The number of carboxylic acid groups (broad SMARTS) is 1. The van der Waals surface area contributed by atoms with Crippen LogP contribution in [0.4, 0.5) is 5.69 Å². The first-order valence-electron chi connectivity index (χ1n) is 10.5. The molecule has 0 saturated carbocycles. The van der Waals surface area contributed by atoms with Crippen LogP contribution in [0.5, 0.6) is 5.75 Å². The van der Waals surface area contributed by atoms with Crippen molar-refractivity contribution in [2.24, 2.45) is 11.3 Å². The van der Waals surface area contributed by atoms with Crippen molar-refractivity contribution in [3.05, 3.63) is 45.4 Å². The van der Waals surface area contributed by atoms with Gasteiger partial charge in [-0.15, -0.1) is 11.3 Å². The second-order valence-corrected chi connectivity index (χ2v) is 11.2. The van der Waals surface area contributed by atoms with E-state index >= 15 is 0 Å². The molecule has 0 radical (unpaired) electrons. The van der Waals surface area contributed by atoms with Gasteiger partial charge in [0, 0.05) is 23.6 Å². The third-order valence-electron chi connectivity index (χ3n) is 6.07. The van der Waals surface area contributed by atoms with Gasteiger partial charge in [-0.05, 0) is 54.4 Å². The Hall–Kier alpha value is -2.03. The van der Waals surface area contributed by atoms with E-state index in [1.165, 1.54) is 45.8 Å². The number of thiazole rings is 1. The van der Waals surface area contributed by atoms with Crippen molar-refractivity contribution in [1.29, 1.82) is 0 Å². The average Bonchev–Trinajstić information content (AvgIpc) is 3.30. The summed E-state index contributed by atoms with van der Waals surface area (Å²) in [7, 11) is 1.54. The normalized spacial score (nSPS) is 19.1. The minimum atomic E-state index is -0.967. The molecule has 31 heavy (non-hydrogen) atoms. The van der Waals surface area contributed by atoms with Gasteiger partial charge in [0.2, 0.25) is 0 Å². The highest BCUT2D eigenvalue weighted by Crippen LogP contribution is 2.42. The Balaban J connectivity index is 1.35. The second kappa shape index (κ2) is 8.84. The molecule has 1 aliphatic heterocycles. The molecule has 0 bridgehead atoms. The molecule has 1 atom stereocenters. The minimum absolute atomic E-state index is 0.207. The van der Waals surface area contributed by atoms with E-state index < -0.39 is 5.97 Å². The van der Waals surface area contributed by atoms with Crippen molar-refractivity contribution in [2.75, 3.05) is 11.8 Å². The minimum Gasteiger partial charge on any atom is -0.495 e. The van der Waals surface area contributed by atoms with Crippen molar-refractivity contribution in [3.63, 3.8) is 0 Å². The summed E-state index contributed by atoms with van der Waals surface area (Å²) in [6.45, 7) is 8.65. The molecule has 6 nitrogen and oxygen atoms in total. The van der Waals surface area contributed by atoms with Crippen LogP contribution in [0.1, 0.15) is 66.0 Å². The number of ether oxygens (including phenoxy) is 1. The summed E-state index contributed by atoms with van der Waals surface area (Å²) in [5.41, 5.74) is 3.91. The Morgan fingerprint density at radius 3 is 2.77 bits per heavy atom. The topological polar surface area (TPSA) is 74.7 Å². The van der Waals surface area contributed by atoms with E-state index in [0.717, 1.165) is 37.5 Å². The number of rotatable bonds is 6. The van der Waals surface area contributed by atoms with Crippen molar-refractivity contribution in [1.82, 2.24) is 9.29 Å². The molecule has 2 aromatic rings. The molecule has 0 saturated heterocycles. The maximum Gasteiger partial charge on any atom is 0.335 e. The lowest BCUT2D eigenvalue weighted by atomic mass is 9.73. The maximum atomic E-state index is 11.1. The molecule has 2 aliphatic rings. The Morgan fingerprint density at radius 1 is 1.35 bits per heavy atom. The van der Waals surface area contributed by atoms with Gasteiger partial charge in [-0.2, -0.15) is 0 Å². The van der Waals surface area contributed by atoms with Gasteiger partial charge in [0.1, 0.15) is 10.8 Å². The fourth-order valence-corrected chi connectivity index (χ4v) is 6.07. The lowest BCUT2D eigenvalue weighted by Crippen LogP contribution is -2.21. The van der Waals surface area contributed by atoms with Gasteiger partial charge in [0.25, 0.3) is 0 Å². The number of aromatic carboxylic acids is 1. The largest absolute Gasteiger partial charge is 0.495 e. The smallest absolute Gasteiger partial charge is 0.335 e. The lowest BCUT2D eigenvalue weighted by Gasteiger charge is -2.33. The summed E-state index contributed by atoms with van der Waals surface area (Å²) in [5.74, 6) is 0.299. The molecule has 2 heterocycles. The number of methoxy groups -OCH3 is 1. The number of hydrogen-bond donors (Lipinski definition) is 2. The van der Waals surface area contributed by atoms with E-state index in [0.29, 0.717) is 11.2 Å². The van der Waals surface area contributed by atoms with Gasteiger partial charge < -0.3 is 14.6 Å². The number of benzene rings is 1. The molecule has 0 spiro atoms. The monoisotopic (exact) mass is 459 g/mol. The number of carboxylic acids is 1.